The molecule has 2 atom stereocenters. The van der Waals surface area contributed by atoms with Crippen LogP contribution >= 0.6 is 0 Å². The summed E-state index contributed by atoms with van der Waals surface area (Å²) in [5.74, 6) is 0.205. The molecule has 4 rings (SSSR count). The number of rotatable bonds is 6. The lowest BCUT2D eigenvalue weighted by Crippen LogP contribution is -2.48. The number of nitrogens with zero attached hydrogens (tertiary/aromatic N) is 3. The van der Waals surface area contributed by atoms with Gasteiger partial charge in [-0.05, 0) is 50.1 Å². The average Bonchev–Trinajstić information content (AvgIpc) is 3.39. The number of nitrogens with one attached hydrogen (secondary N) is 1. The second-order valence-electron chi connectivity index (χ2n) is 7.80. The fraction of sp³-hybridized carbons (Fsp3) is 0.348. The van der Waals surface area contributed by atoms with Crippen molar-refractivity contribution in [1.82, 2.24) is 9.78 Å². The molecule has 0 aliphatic carbocycles. The third-order valence-corrected chi connectivity index (χ3v) is 5.66. The van der Waals surface area contributed by atoms with E-state index in [-0.39, 0.29) is 18.4 Å². The van der Waals surface area contributed by atoms with E-state index >= 15 is 0 Å². The van der Waals surface area contributed by atoms with Crippen LogP contribution in [0.4, 0.5) is 11.4 Å². The van der Waals surface area contributed by atoms with Crippen molar-refractivity contribution in [3.05, 3.63) is 59.3 Å². The first-order valence-corrected chi connectivity index (χ1v) is 10.4. The lowest BCUT2D eigenvalue weighted by molar-refractivity contribution is -0.128. The summed E-state index contributed by atoms with van der Waals surface area (Å²) in [6, 6.07) is 8.43. The quantitative estimate of drug-likeness (QED) is 0.612. The van der Waals surface area contributed by atoms with Crippen LogP contribution in [-0.4, -0.2) is 39.4 Å². The van der Waals surface area contributed by atoms with E-state index in [2.05, 4.69) is 10.4 Å². The van der Waals surface area contributed by atoms with Gasteiger partial charge in [0.1, 0.15) is 24.2 Å². The van der Waals surface area contributed by atoms with Crippen LogP contribution in [0.5, 0.6) is 5.75 Å². The number of hydrogen-bond donors (Lipinski definition) is 2. The summed E-state index contributed by atoms with van der Waals surface area (Å²) >= 11 is 0. The average molecular weight is 438 g/mol. The molecule has 9 heteroatoms. The highest BCUT2D eigenvalue weighted by atomic mass is 16.5. The number of aliphatic hydroxyl groups is 1. The fourth-order valence-corrected chi connectivity index (χ4v) is 3.82. The molecule has 0 bridgehead atoms. The number of fused-ring (bicyclic) bond motifs is 1. The maximum absolute atomic E-state index is 13.1. The highest BCUT2D eigenvalue weighted by molar-refractivity contribution is 6.06. The van der Waals surface area contributed by atoms with E-state index in [1.54, 1.807) is 42.1 Å². The van der Waals surface area contributed by atoms with E-state index in [4.69, 9.17) is 9.15 Å². The Labute approximate surface area is 185 Å². The molecule has 1 aromatic carbocycles. The summed E-state index contributed by atoms with van der Waals surface area (Å²) in [6.07, 6.45) is 0.256. The lowest BCUT2D eigenvalue weighted by atomic mass is 10.0. The molecule has 0 saturated heterocycles. The van der Waals surface area contributed by atoms with Crippen molar-refractivity contribution >= 4 is 23.2 Å². The number of aromatic nitrogens is 2. The van der Waals surface area contributed by atoms with Crippen LogP contribution in [-0.2, 0) is 16.6 Å². The molecule has 32 heavy (non-hydrogen) atoms. The van der Waals surface area contributed by atoms with Crippen molar-refractivity contribution in [1.29, 1.82) is 0 Å². The second kappa shape index (κ2) is 8.51. The zero-order valence-electron chi connectivity index (χ0n) is 18.5. The smallest absolute Gasteiger partial charge is 0.268 e. The topological polar surface area (TPSA) is 110 Å². The Kier molecular flexibility index (Phi) is 5.75. The van der Waals surface area contributed by atoms with Gasteiger partial charge in [-0.15, -0.1) is 0 Å². The summed E-state index contributed by atoms with van der Waals surface area (Å²) in [4.78, 5) is 27.4. The number of anilines is 2. The first-order chi connectivity index (χ1) is 15.3. The number of carbonyl (C=O) groups is 2. The van der Waals surface area contributed by atoms with Gasteiger partial charge in [-0.1, -0.05) is 13.0 Å². The summed E-state index contributed by atoms with van der Waals surface area (Å²) in [7, 11) is 1.80. The lowest BCUT2D eigenvalue weighted by Gasteiger charge is -2.34. The van der Waals surface area contributed by atoms with Gasteiger partial charge in [0.25, 0.3) is 5.91 Å². The van der Waals surface area contributed by atoms with Gasteiger partial charge in [0.2, 0.25) is 5.91 Å². The van der Waals surface area contributed by atoms with Gasteiger partial charge in [0.05, 0.1) is 29.0 Å². The summed E-state index contributed by atoms with van der Waals surface area (Å²) < 4.78 is 12.8. The Balaban J connectivity index is 1.64. The van der Waals surface area contributed by atoms with Crippen molar-refractivity contribution in [2.24, 2.45) is 7.05 Å². The summed E-state index contributed by atoms with van der Waals surface area (Å²) in [6.45, 7) is 5.33. The Morgan fingerprint density at radius 3 is 2.72 bits per heavy atom. The van der Waals surface area contributed by atoms with Crippen LogP contribution in [0.2, 0.25) is 0 Å². The molecule has 2 aromatic heterocycles. The first-order valence-electron chi connectivity index (χ1n) is 10.4. The minimum absolute atomic E-state index is 0.195. The van der Waals surface area contributed by atoms with Crippen molar-refractivity contribution < 1.29 is 23.8 Å². The predicted octanol–water partition coefficient (Wildman–Crippen LogP) is 2.85. The van der Waals surface area contributed by atoms with Gasteiger partial charge in [-0.2, -0.15) is 5.10 Å². The highest BCUT2D eigenvalue weighted by Gasteiger charge is 2.35. The van der Waals surface area contributed by atoms with Gasteiger partial charge in [-0.25, -0.2) is 0 Å². The molecule has 1 aliphatic heterocycles. The van der Waals surface area contributed by atoms with Gasteiger partial charge in [0.15, 0.2) is 6.10 Å². The van der Waals surface area contributed by atoms with Crippen LogP contribution < -0.4 is 15.0 Å². The number of carbonyl (C=O) groups excluding carboxylic acids is 2. The molecule has 0 radical (unpaired) electrons. The number of aliphatic hydroxyl groups excluding tert-OH is 1. The Bertz CT molecular complexity index is 1150. The molecule has 2 amide bonds. The van der Waals surface area contributed by atoms with Gasteiger partial charge < -0.3 is 19.6 Å². The molecule has 0 saturated carbocycles. The Hall–Kier alpha value is -3.59. The molecule has 3 heterocycles. The Morgan fingerprint density at radius 2 is 2.09 bits per heavy atom. The SMILES string of the molecule is CCC1Oc2ccc(C(O)c3ccco3)cc2N(CC(=O)Nc2c(C)nn(C)c2C)C1=O. The number of aryl methyl sites for hydroxylation is 2. The van der Waals surface area contributed by atoms with E-state index in [0.29, 0.717) is 40.6 Å². The maximum Gasteiger partial charge on any atom is 0.268 e. The zero-order valence-corrected chi connectivity index (χ0v) is 18.5. The molecular weight excluding hydrogens is 412 g/mol. The number of benzene rings is 1. The minimum atomic E-state index is -1.01. The number of ether oxygens (including phenoxy) is 1. The first kappa shape index (κ1) is 21.6. The summed E-state index contributed by atoms with van der Waals surface area (Å²) in [5.41, 5.74) is 3.10. The maximum atomic E-state index is 13.1. The van der Waals surface area contributed by atoms with E-state index < -0.39 is 12.2 Å². The molecule has 3 aromatic rings. The van der Waals surface area contributed by atoms with Crippen molar-refractivity contribution in [3.8, 4) is 5.75 Å². The molecule has 0 fully saturated rings. The van der Waals surface area contributed by atoms with Crippen LogP contribution in [0.1, 0.15) is 42.2 Å². The number of furan rings is 1. The molecule has 2 unspecified atom stereocenters. The van der Waals surface area contributed by atoms with Gasteiger partial charge in [-0.3, -0.25) is 19.2 Å². The molecule has 9 nitrogen and oxygen atoms in total. The molecule has 1 aliphatic rings. The second-order valence-corrected chi connectivity index (χ2v) is 7.80. The van der Waals surface area contributed by atoms with Crippen molar-refractivity contribution in [3.63, 3.8) is 0 Å². The number of amides is 2. The van der Waals surface area contributed by atoms with Gasteiger partial charge in [0, 0.05) is 7.05 Å². The third-order valence-electron chi connectivity index (χ3n) is 5.66. The highest BCUT2D eigenvalue weighted by Crippen LogP contribution is 2.38. The van der Waals surface area contributed by atoms with Crippen molar-refractivity contribution in [2.75, 3.05) is 16.8 Å². The van der Waals surface area contributed by atoms with Crippen molar-refractivity contribution in [2.45, 2.75) is 39.4 Å². The minimum Gasteiger partial charge on any atom is -0.478 e. The van der Waals surface area contributed by atoms with Crippen LogP contribution in [0.15, 0.2) is 41.0 Å². The van der Waals surface area contributed by atoms with Crippen LogP contribution in [0, 0.1) is 13.8 Å². The summed E-state index contributed by atoms with van der Waals surface area (Å²) in [5, 5.41) is 17.8. The monoisotopic (exact) mass is 438 g/mol. The standard InChI is InChI=1S/C23H26N4O5/c1-5-17-23(30)27(12-20(28)24-21-13(2)25-26(4)14(21)3)16-11-15(8-9-18(16)32-17)22(29)19-7-6-10-31-19/h6-11,17,22,29H,5,12H2,1-4H3,(H,24,28). The molecular formula is C23H26N4O5. The van der Waals surface area contributed by atoms with E-state index in [9.17, 15) is 14.7 Å². The van der Waals surface area contributed by atoms with Crippen LogP contribution in [0.3, 0.4) is 0 Å². The third kappa shape index (κ3) is 3.87. The fourth-order valence-electron chi connectivity index (χ4n) is 3.82. The molecule has 0 spiro atoms. The number of hydrogen-bond acceptors (Lipinski definition) is 6. The van der Waals surface area contributed by atoms with E-state index in [1.165, 1.54) is 11.2 Å². The van der Waals surface area contributed by atoms with Crippen LogP contribution in [0.25, 0.3) is 0 Å². The van der Waals surface area contributed by atoms with E-state index in [1.807, 2.05) is 20.8 Å². The van der Waals surface area contributed by atoms with E-state index in [0.717, 1.165) is 5.69 Å². The van der Waals surface area contributed by atoms with Gasteiger partial charge >= 0.3 is 0 Å². The molecule has 2 N–H and O–H groups in total. The zero-order chi connectivity index (χ0) is 23.0. The Morgan fingerprint density at radius 1 is 1.31 bits per heavy atom. The largest absolute Gasteiger partial charge is 0.478 e. The molecule has 168 valence electrons. The normalized spacial score (nSPS) is 16.5. The predicted molar refractivity (Wildman–Crippen MR) is 118 cm³/mol.